The molecule has 0 saturated heterocycles. The van der Waals surface area contributed by atoms with Crippen LogP contribution in [0.3, 0.4) is 0 Å². The summed E-state index contributed by atoms with van der Waals surface area (Å²) in [6.45, 7) is 0. The third-order valence-corrected chi connectivity index (χ3v) is 3.94. The van der Waals surface area contributed by atoms with Gasteiger partial charge in [-0.15, -0.1) is 0 Å². The van der Waals surface area contributed by atoms with Crippen molar-refractivity contribution in [3.63, 3.8) is 0 Å². The molecule has 24 heavy (non-hydrogen) atoms. The molecular weight excluding hydrogens is 345 g/mol. The van der Waals surface area contributed by atoms with Gasteiger partial charge in [0, 0.05) is 0 Å². The van der Waals surface area contributed by atoms with Crippen LogP contribution in [0.25, 0.3) is 0 Å². The van der Waals surface area contributed by atoms with Crippen molar-refractivity contribution in [3.05, 3.63) is 82.5 Å². The summed E-state index contributed by atoms with van der Waals surface area (Å²) in [4.78, 5) is 16.4. The van der Waals surface area contributed by atoms with Crippen LogP contribution < -0.4 is 10.6 Å². The molecule has 0 aliphatic heterocycles. The number of benzene rings is 2. The van der Waals surface area contributed by atoms with Crippen molar-refractivity contribution in [1.82, 2.24) is 4.98 Å². The summed E-state index contributed by atoms with van der Waals surface area (Å²) >= 11 is 12.1. The second-order valence-corrected chi connectivity index (χ2v) is 5.79. The minimum absolute atomic E-state index is 0.306. The fourth-order valence-corrected chi connectivity index (χ4v) is 2.49. The predicted molar refractivity (Wildman–Crippen MR) is 98.4 cm³/mol. The summed E-state index contributed by atoms with van der Waals surface area (Å²) in [5, 5.41) is 6.89. The molecule has 0 aliphatic carbocycles. The van der Waals surface area contributed by atoms with E-state index in [9.17, 15) is 4.79 Å². The molecule has 0 unspecified atom stereocenters. The van der Waals surface area contributed by atoms with Crippen molar-refractivity contribution >= 4 is 46.3 Å². The second kappa shape index (κ2) is 7.34. The average Bonchev–Trinajstić information content (AvgIpc) is 2.59. The SMILES string of the molecule is O=C(Nc1ccc(Nc2ccccc2Cl)cn1)c1ccccc1Cl. The highest BCUT2D eigenvalue weighted by atomic mass is 35.5. The van der Waals surface area contributed by atoms with Gasteiger partial charge in [0.2, 0.25) is 0 Å². The summed E-state index contributed by atoms with van der Waals surface area (Å²) in [6, 6.07) is 17.8. The molecule has 1 aromatic heterocycles. The topological polar surface area (TPSA) is 54.0 Å². The lowest BCUT2D eigenvalue weighted by Gasteiger charge is -2.09. The molecule has 0 aliphatic rings. The Morgan fingerprint density at radius 2 is 1.58 bits per heavy atom. The first-order chi connectivity index (χ1) is 11.6. The monoisotopic (exact) mass is 357 g/mol. The summed E-state index contributed by atoms with van der Waals surface area (Å²) in [6.07, 6.45) is 1.62. The lowest BCUT2D eigenvalue weighted by Crippen LogP contribution is -2.13. The van der Waals surface area contributed by atoms with Gasteiger partial charge in [-0.3, -0.25) is 4.79 Å². The van der Waals surface area contributed by atoms with Gasteiger partial charge in [-0.2, -0.15) is 0 Å². The van der Waals surface area contributed by atoms with Crippen molar-refractivity contribution in [2.24, 2.45) is 0 Å². The highest BCUT2D eigenvalue weighted by Gasteiger charge is 2.10. The van der Waals surface area contributed by atoms with Crippen LogP contribution in [-0.2, 0) is 0 Å². The van der Waals surface area contributed by atoms with Crippen LogP contribution in [0.2, 0.25) is 10.0 Å². The molecule has 0 spiro atoms. The number of carbonyl (C=O) groups is 1. The van der Waals surface area contributed by atoms with E-state index in [1.165, 1.54) is 0 Å². The highest BCUT2D eigenvalue weighted by molar-refractivity contribution is 6.34. The summed E-state index contributed by atoms with van der Waals surface area (Å²) < 4.78 is 0. The Morgan fingerprint density at radius 3 is 2.25 bits per heavy atom. The molecule has 0 fully saturated rings. The normalized spacial score (nSPS) is 10.2. The number of nitrogens with zero attached hydrogens (tertiary/aromatic N) is 1. The molecule has 2 aromatic carbocycles. The summed E-state index contributed by atoms with van der Waals surface area (Å²) in [7, 11) is 0. The first kappa shape index (κ1) is 16.3. The van der Waals surface area contributed by atoms with Crippen LogP contribution >= 0.6 is 23.2 Å². The lowest BCUT2D eigenvalue weighted by molar-refractivity contribution is 0.102. The zero-order valence-electron chi connectivity index (χ0n) is 12.5. The Morgan fingerprint density at radius 1 is 0.875 bits per heavy atom. The van der Waals surface area contributed by atoms with E-state index in [4.69, 9.17) is 23.2 Å². The van der Waals surface area contributed by atoms with Crippen molar-refractivity contribution in [1.29, 1.82) is 0 Å². The maximum Gasteiger partial charge on any atom is 0.258 e. The molecule has 3 aromatic rings. The van der Waals surface area contributed by atoms with Gasteiger partial charge in [0.15, 0.2) is 0 Å². The van der Waals surface area contributed by atoms with Gasteiger partial charge < -0.3 is 10.6 Å². The van der Waals surface area contributed by atoms with Gasteiger partial charge in [-0.05, 0) is 36.4 Å². The van der Waals surface area contributed by atoms with Crippen LogP contribution in [0.1, 0.15) is 10.4 Å². The first-order valence-electron chi connectivity index (χ1n) is 7.17. The fraction of sp³-hybridized carbons (Fsp3) is 0. The first-order valence-corrected chi connectivity index (χ1v) is 7.92. The van der Waals surface area contributed by atoms with E-state index in [-0.39, 0.29) is 5.91 Å². The number of anilines is 3. The Kier molecular flexibility index (Phi) is 4.99. The Bertz CT molecular complexity index is 866. The molecular formula is C18H13Cl2N3O. The van der Waals surface area contributed by atoms with Gasteiger partial charge >= 0.3 is 0 Å². The van der Waals surface area contributed by atoms with Crippen molar-refractivity contribution < 1.29 is 4.79 Å². The standard InChI is InChI=1S/C18H13Cl2N3O/c19-14-6-2-1-5-13(14)18(24)23-17-10-9-12(11-21-17)22-16-8-4-3-7-15(16)20/h1-11,22H,(H,21,23,24). The van der Waals surface area contributed by atoms with E-state index in [1.807, 2.05) is 18.2 Å². The quantitative estimate of drug-likeness (QED) is 0.658. The molecule has 0 radical (unpaired) electrons. The van der Waals surface area contributed by atoms with Crippen LogP contribution in [-0.4, -0.2) is 10.9 Å². The largest absolute Gasteiger partial charge is 0.353 e. The van der Waals surface area contributed by atoms with Crippen LogP contribution in [0.15, 0.2) is 66.9 Å². The lowest BCUT2D eigenvalue weighted by atomic mass is 10.2. The van der Waals surface area contributed by atoms with Gasteiger partial charge in [-0.1, -0.05) is 47.5 Å². The van der Waals surface area contributed by atoms with E-state index in [2.05, 4.69) is 15.6 Å². The molecule has 1 heterocycles. The minimum Gasteiger partial charge on any atom is -0.353 e. The molecule has 6 heteroatoms. The molecule has 0 saturated carbocycles. The predicted octanol–water partition coefficient (Wildman–Crippen LogP) is 5.38. The Labute approximate surface area is 149 Å². The third kappa shape index (κ3) is 3.85. The molecule has 120 valence electrons. The number of nitrogens with one attached hydrogen (secondary N) is 2. The number of halogens is 2. The number of pyridine rings is 1. The van der Waals surface area contributed by atoms with E-state index < -0.39 is 0 Å². The maximum absolute atomic E-state index is 12.2. The second-order valence-electron chi connectivity index (χ2n) is 4.97. The van der Waals surface area contributed by atoms with Gasteiger partial charge in [0.1, 0.15) is 5.82 Å². The number of rotatable bonds is 4. The van der Waals surface area contributed by atoms with Crippen LogP contribution in [0, 0.1) is 0 Å². The van der Waals surface area contributed by atoms with Crippen LogP contribution in [0.4, 0.5) is 17.2 Å². The third-order valence-electron chi connectivity index (χ3n) is 3.28. The van der Waals surface area contributed by atoms with E-state index in [0.29, 0.717) is 21.4 Å². The highest BCUT2D eigenvalue weighted by Crippen LogP contribution is 2.25. The van der Waals surface area contributed by atoms with Crippen molar-refractivity contribution in [2.45, 2.75) is 0 Å². The number of hydrogen-bond acceptors (Lipinski definition) is 3. The van der Waals surface area contributed by atoms with Crippen LogP contribution in [0.5, 0.6) is 0 Å². The zero-order chi connectivity index (χ0) is 16.9. The number of hydrogen-bond donors (Lipinski definition) is 2. The maximum atomic E-state index is 12.2. The molecule has 1 amide bonds. The number of para-hydroxylation sites is 1. The van der Waals surface area contributed by atoms with Gasteiger partial charge in [0.25, 0.3) is 5.91 Å². The fourth-order valence-electron chi connectivity index (χ4n) is 2.09. The van der Waals surface area contributed by atoms with E-state index in [0.717, 1.165) is 11.4 Å². The molecule has 2 N–H and O–H groups in total. The molecule has 3 rings (SSSR count). The van der Waals surface area contributed by atoms with Crippen molar-refractivity contribution in [3.8, 4) is 0 Å². The average molecular weight is 358 g/mol. The smallest absolute Gasteiger partial charge is 0.258 e. The zero-order valence-corrected chi connectivity index (χ0v) is 14.0. The Balaban J connectivity index is 1.70. The minimum atomic E-state index is -0.306. The molecule has 0 atom stereocenters. The van der Waals surface area contributed by atoms with E-state index in [1.54, 1.807) is 48.7 Å². The summed E-state index contributed by atoms with van der Waals surface area (Å²) in [5.41, 5.74) is 1.95. The number of carbonyl (C=O) groups excluding carboxylic acids is 1. The van der Waals surface area contributed by atoms with E-state index >= 15 is 0 Å². The molecule has 0 bridgehead atoms. The van der Waals surface area contributed by atoms with Crippen molar-refractivity contribution in [2.75, 3.05) is 10.6 Å². The van der Waals surface area contributed by atoms with Gasteiger partial charge in [-0.25, -0.2) is 4.98 Å². The molecule has 4 nitrogen and oxygen atoms in total. The number of amides is 1. The number of aromatic nitrogens is 1. The van der Waals surface area contributed by atoms with Gasteiger partial charge in [0.05, 0.1) is 33.2 Å². The summed E-state index contributed by atoms with van der Waals surface area (Å²) in [5.74, 6) is 0.129. The Hall–Kier alpha value is -2.56.